The van der Waals surface area contributed by atoms with Gasteiger partial charge < -0.3 is 5.73 Å². The number of nitrogens with zero attached hydrogens (tertiary/aromatic N) is 1. The Kier molecular flexibility index (Phi) is 3.97. The average Bonchev–Trinajstić information content (AvgIpc) is 2.91. The van der Waals surface area contributed by atoms with Crippen LogP contribution in [0.25, 0.3) is 0 Å². The Bertz CT molecular complexity index is 334. The molecule has 2 heterocycles. The predicted octanol–water partition coefficient (Wildman–Crippen LogP) is 2.47. The van der Waals surface area contributed by atoms with Crippen molar-refractivity contribution < 1.29 is 4.84 Å². The van der Waals surface area contributed by atoms with Gasteiger partial charge in [-0.3, -0.25) is 4.84 Å². The first-order chi connectivity index (χ1) is 7.72. The molecule has 3 nitrogen and oxygen atoms in total. The lowest BCUT2D eigenvalue weighted by Crippen LogP contribution is -2.38. The first-order valence-electron chi connectivity index (χ1n) is 5.94. The minimum Gasteiger partial charge on any atom is -0.326 e. The molecule has 0 aliphatic carbocycles. The van der Waals surface area contributed by atoms with E-state index in [-0.39, 0.29) is 12.1 Å². The van der Waals surface area contributed by atoms with Gasteiger partial charge in [0.2, 0.25) is 0 Å². The highest BCUT2D eigenvalue weighted by Crippen LogP contribution is 2.32. The molecule has 1 aromatic rings. The Morgan fingerprint density at radius 1 is 1.56 bits per heavy atom. The molecule has 1 saturated heterocycles. The van der Waals surface area contributed by atoms with Crippen LogP contribution in [0.2, 0.25) is 0 Å². The van der Waals surface area contributed by atoms with Gasteiger partial charge in [-0.05, 0) is 31.9 Å². The summed E-state index contributed by atoms with van der Waals surface area (Å²) in [5, 5.41) is 2.07. The van der Waals surface area contributed by atoms with E-state index >= 15 is 0 Å². The number of aryl methyl sites for hydroxylation is 1. The molecule has 1 aliphatic heterocycles. The van der Waals surface area contributed by atoms with E-state index < -0.39 is 0 Å². The molecule has 2 atom stereocenters. The summed E-state index contributed by atoms with van der Waals surface area (Å²) in [6.07, 6.45) is 2.08. The number of nitrogens with two attached hydrogens (primary N) is 1. The number of thiophene rings is 1. The van der Waals surface area contributed by atoms with Crippen LogP contribution in [-0.2, 0) is 4.84 Å². The Morgan fingerprint density at radius 3 is 2.88 bits per heavy atom. The summed E-state index contributed by atoms with van der Waals surface area (Å²) in [4.78, 5) is 8.32. The summed E-state index contributed by atoms with van der Waals surface area (Å²) < 4.78 is 0. The van der Waals surface area contributed by atoms with Gasteiger partial charge >= 0.3 is 0 Å². The molecule has 0 aromatic carbocycles. The van der Waals surface area contributed by atoms with Gasteiger partial charge in [-0.2, -0.15) is 5.06 Å². The van der Waals surface area contributed by atoms with E-state index in [1.807, 2.05) is 11.3 Å². The smallest absolute Gasteiger partial charge is 0.0845 e. The molecule has 0 amide bonds. The van der Waals surface area contributed by atoms with Gasteiger partial charge in [-0.25, -0.2) is 0 Å². The average molecular weight is 240 g/mol. The van der Waals surface area contributed by atoms with Crippen LogP contribution in [0.3, 0.4) is 0 Å². The van der Waals surface area contributed by atoms with Crippen molar-refractivity contribution in [3.05, 3.63) is 21.9 Å². The van der Waals surface area contributed by atoms with Crippen molar-refractivity contribution in [2.45, 2.75) is 38.8 Å². The van der Waals surface area contributed by atoms with Crippen molar-refractivity contribution in [3.8, 4) is 0 Å². The summed E-state index contributed by atoms with van der Waals surface area (Å²) in [5.41, 5.74) is 6.22. The molecule has 90 valence electrons. The molecule has 4 heteroatoms. The number of hydrogen-bond donors (Lipinski definition) is 1. The Balaban J connectivity index is 2.19. The molecular weight excluding hydrogens is 220 g/mol. The molecule has 16 heavy (non-hydrogen) atoms. The van der Waals surface area contributed by atoms with Crippen LogP contribution in [0.15, 0.2) is 12.1 Å². The second-order valence-corrected chi connectivity index (χ2v) is 5.61. The summed E-state index contributed by atoms with van der Waals surface area (Å²) in [6, 6.07) is 4.72. The highest BCUT2D eigenvalue weighted by Gasteiger charge is 2.30. The van der Waals surface area contributed by atoms with Gasteiger partial charge in [0.05, 0.1) is 12.6 Å². The van der Waals surface area contributed by atoms with Gasteiger partial charge in [0.25, 0.3) is 0 Å². The van der Waals surface area contributed by atoms with E-state index in [0.717, 1.165) is 26.0 Å². The molecule has 0 spiro atoms. The second-order valence-electron chi connectivity index (χ2n) is 4.29. The van der Waals surface area contributed by atoms with Gasteiger partial charge in [-0.15, -0.1) is 11.3 Å². The monoisotopic (exact) mass is 240 g/mol. The molecular formula is C12H20N2OS. The maximum atomic E-state index is 6.22. The zero-order chi connectivity index (χ0) is 11.5. The van der Waals surface area contributed by atoms with E-state index in [0.29, 0.717) is 0 Å². The number of hydroxylamine groups is 2. The Hall–Kier alpha value is -0.420. The minimum absolute atomic E-state index is 0.149. The normalized spacial score (nSPS) is 21.2. The standard InChI is InChI=1S/C12H20N2OS/c1-3-10(13)12(14-7-4-8-15-14)11-6-5-9(2)16-11/h5-6,10,12H,3-4,7-8,13H2,1-2H3. The quantitative estimate of drug-likeness (QED) is 0.878. The Labute approximate surface area is 101 Å². The first-order valence-corrected chi connectivity index (χ1v) is 6.75. The van der Waals surface area contributed by atoms with Crippen LogP contribution in [0.4, 0.5) is 0 Å². The van der Waals surface area contributed by atoms with E-state index in [4.69, 9.17) is 10.6 Å². The van der Waals surface area contributed by atoms with E-state index in [1.165, 1.54) is 9.75 Å². The molecule has 1 aliphatic rings. The van der Waals surface area contributed by atoms with Crippen LogP contribution in [0.5, 0.6) is 0 Å². The molecule has 0 bridgehead atoms. The fourth-order valence-electron chi connectivity index (χ4n) is 2.09. The van der Waals surface area contributed by atoms with Crippen LogP contribution in [-0.4, -0.2) is 24.3 Å². The largest absolute Gasteiger partial charge is 0.326 e. The molecule has 0 radical (unpaired) electrons. The summed E-state index contributed by atoms with van der Waals surface area (Å²) >= 11 is 1.82. The Morgan fingerprint density at radius 2 is 2.38 bits per heavy atom. The van der Waals surface area contributed by atoms with Crippen molar-refractivity contribution in [3.63, 3.8) is 0 Å². The third-order valence-electron chi connectivity index (χ3n) is 3.02. The third kappa shape index (κ3) is 2.46. The summed E-state index contributed by atoms with van der Waals surface area (Å²) in [5.74, 6) is 0. The van der Waals surface area contributed by atoms with Crippen LogP contribution >= 0.6 is 11.3 Å². The summed E-state index contributed by atoms with van der Waals surface area (Å²) in [7, 11) is 0. The fourth-order valence-corrected chi connectivity index (χ4v) is 3.15. The number of rotatable bonds is 4. The lowest BCUT2D eigenvalue weighted by Gasteiger charge is -2.29. The van der Waals surface area contributed by atoms with E-state index in [1.54, 1.807) is 0 Å². The number of hydrogen-bond acceptors (Lipinski definition) is 4. The third-order valence-corrected chi connectivity index (χ3v) is 4.09. The first kappa shape index (κ1) is 12.0. The van der Waals surface area contributed by atoms with Crippen LogP contribution in [0, 0.1) is 6.92 Å². The SMILES string of the molecule is CCC(N)C(c1ccc(C)s1)N1CCCO1. The maximum absolute atomic E-state index is 6.22. The molecule has 2 rings (SSSR count). The van der Waals surface area contributed by atoms with Gasteiger partial charge in [0, 0.05) is 22.3 Å². The van der Waals surface area contributed by atoms with Gasteiger partial charge in [0.1, 0.15) is 0 Å². The second kappa shape index (κ2) is 5.27. The highest BCUT2D eigenvalue weighted by atomic mass is 32.1. The lowest BCUT2D eigenvalue weighted by atomic mass is 10.0. The summed E-state index contributed by atoms with van der Waals surface area (Å²) in [6.45, 7) is 6.09. The van der Waals surface area contributed by atoms with Gasteiger partial charge in [-0.1, -0.05) is 6.92 Å². The molecule has 1 aromatic heterocycles. The topological polar surface area (TPSA) is 38.5 Å². The van der Waals surface area contributed by atoms with Crippen LogP contribution in [0.1, 0.15) is 35.6 Å². The molecule has 0 saturated carbocycles. The van der Waals surface area contributed by atoms with E-state index in [2.05, 4.69) is 31.0 Å². The zero-order valence-electron chi connectivity index (χ0n) is 9.98. The van der Waals surface area contributed by atoms with Crippen molar-refractivity contribution in [1.29, 1.82) is 0 Å². The van der Waals surface area contributed by atoms with Gasteiger partial charge in [0.15, 0.2) is 0 Å². The fraction of sp³-hybridized carbons (Fsp3) is 0.667. The molecule has 2 unspecified atom stereocenters. The van der Waals surface area contributed by atoms with Crippen LogP contribution < -0.4 is 5.73 Å². The van der Waals surface area contributed by atoms with Crippen molar-refractivity contribution >= 4 is 11.3 Å². The lowest BCUT2D eigenvalue weighted by molar-refractivity contribution is -0.147. The predicted molar refractivity (Wildman–Crippen MR) is 67.3 cm³/mol. The van der Waals surface area contributed by atoms with Crippen molar-refractivity contribution in [1.82, 2.24) is 5.06 Å². The highest BCUT2D eigenvalue weighted by molar-refractivity contribution is 7.12. The van der Waals surface area contributed by atoms with Crippen molar-refractivity contribution in [2.75, 3.05) is 13.2 Å². The molecule has 1 fully saturated rings. The van der Waals surface area contributed by atoms with E-state index in [9.17, 15) is 0 Å². The minimum atomic E-state index is 0.149. The van der Waals surface area contributed by atoms with Crippen molar-refractivity contribution in [2.24, 2.45) is 5.73 Å². The maximum Gasteiger partial charge on any atom is 0.0845 e. The zero-order valence-corrected chi connectivity index (χ0v) is 10.8. The molecule has 2 N–H and O–H groups in total.